The molecule has 34 heavy (non-hydrogen) atoms. The molecular formula is C26H25N5O2S. The molecular weight excluding hydrogens is 446 g/mol. The number of thioether (sulfide) groups is 1. The zero-order valence-electron chi connectivity index (χ0n) is 19.0. The summed E-state index contributed by atoms with van der Waals surface area (Å²) >= 11 is 1.29. The first-order chi connectivity index (χ1) is 16.5. The van der Waals surface area contributed by atoms with Crippen molar-refractivity contribution in [3.05, 3.63) is 101 Å². The van der Waals surface area contributed by atoms with Crippen LogP contribution < -0.4 is 10.6 Å². The lowest BCUT2D eigenvalue weighted by molar-refractivity contribution is -0.113. The van der Waals surface area contributed by atoms with Gasteiger partial charge in [0.1, 0.15) is 5.82 Å². The Morgan fingerprint density at radius 2 is 1.59 bits per heavy atom. The summed E-state index contributed by atoms with van der Waals surface area (Å²) < 4.78 is 1.92. The fourth-order valence-corrected chi connectivity index (χ4v) is 4.20. The molecule has 0 saturated carbocycles. The van der Waals surface area contributed by atoms with Gasteiger partial charge in [0.15, 0.2) is 5.16 Å². The van der Waals surface area contributed by atoms with Crippen LogP contribution in [0.4, 0.5) is 5.69 Å². The van der Waals surface area contributed by atoms with Crippen molar-refractivity contribution in [1.29, 1.82) is 0 Å². The van der Waals surface area contributed by atoms with E-state index in [0.29, 0.717) is 23.0 Å². The molecule has 0 fully saturated rings. The van der Waals surface area contributed by atoms with Crippen molar-refractivity contribution in [3.63, 3.8) is 0 Å². The fraction of sp³-hybridized carbons (Fsp3) is 0.154. The molecule has 0 unspecified atom stereocenters. The van der Waals surface area contributed by atoms with Crippen LogP contribution in [0.2, 0.25) is 0 Å². The lowest BCUT2D eigenvalue weighted by atomic mass is 10.1. The minimum Gasteiger partial charge on any atom is -0.348 e. The molecule has 0 saturated heterocycles. The zero-order valence-corrected chi connectivity index (χ0v) is 19.8. The lowest BCUT2D eigenvalue weighted by Gasteiger charge is -2.12. The third kappa shape index (κ3) is 5.71. The molecule has 0 bridgehead atoms. The Kier molecular flexibility index (Phi) is 7.39. The highest BCUT2D eigenvalue weighted by molar-refractivity contribution is 7.99. The molecule has 0 atom stereocenters. The van der Waals surface area contributed by atoms with Crippen LogP contribution in [-0.2, 0) is 11.3 Å². The largest absolute Gasteiger partial charge is 0.348 e. The maximum Gasteiger partial charge on any atom is 0.253 e. The van der Waals surface area contributed by atoms with Crippen LogP contribution in [0.25, 0.3) is 5.69 Å². The average Bonchev–Trinajstić information content (AvgIpc) is 3.23. The third-order valence-electron chi connectivity index (χ3n) is 5.16. The van der Waals surface area contributed by atoms with E-state index >= 15 is 0 Å². The van der Waals surface area contributed by atoms with Crippen LogP contribution in [0.15, 0.2) is 84.0 Å². The second kappa shape index (κ2) is 10.8. The first-order valence-corrected chi connectivity index (χ1v) is 11.8. The average molecular weight is 472 g/mol. The van der Waals surface area contributed by atoms with Gasteiger partial charge in [-0.15, -0.1) is 10.2 Å². The van der Waals surface area contributed by atoms with E-state index in [9.17, 15) is 9.59 Å². The summed E-state index contributed by atoms with van der Waals surface area (Å²) in [4.78, 5) is 25.5. The van der Waals surface area contributed by atoms with Gasteiger partial charge in [0, 0.05) is 12.2 Å². The van der Waals surface area contributed by atoms with Crippen LogP contribution in [0.1, 0.15) is 27.3 Å². The molecule has 0 aliphatic rings. The molecule has 3 aromatic carbocycles. The number of nitrogens with one attached hydrogen (secondary N) is 2. The Hall–Kier alpha value is -3.91. The Bertz CT molecular complexity index is 1290. The molecule has 2 amide bonds. The van der Waals surface area contributed by atoms with Gasteiger partial charge in [-0.3, -0.25) is 14.2 Å². The lowest BCUT2D eigenvalue weighted by Crippen LogP contribution is -2.25. The highest BCUT2D eigenvalue weighted by Crippen LogP contribution is 2.23. The molecule has 0 spiro atoms. The summed E-state index contributed by atoms with van der Waals surface area (Å²) in [6.07, 6.45) is 0. The second-order valence-corrected chi connectivity index (χ2v) is 8.69. The summed E-state index contributed by atoms with van der Waals surface area (Å²) in [5.74, 6) is 0.392. The van der Waals surface area contributed by atoms with Gasteiger partial charge < -0.3 is 10.6 Å². The molecule has 1 aromatic heterocycles. The van der Waals surface area contributed by atoms with E-state index in [1.54, 1.807) is 24.3 Å². The van der Waals surface area contributed by atoms with E-state index in [1.165, 1.54) is 11.8 Å². The van der Waals surface area contributed by atoms with E-state index in [0.717, 1.165) is 22.6 Å². The van der Waals surface area contributed by atoms with Crippen LogP contribution in [0, 0.1) is 13.8 Å². The molecule has 2 N–H and O–H groups in total. The number of carbonyl (C=O) groups is 2. The Balaban J connectivity index is 1.40. The number of hydrogen-bond acceptors (Lipinski definition) is 5. The maximum absolute atomic E-state index is 12.7. The van der Waals surface area contributed by atoms with E-state index in [2.05, 4.69) is 20.8 Å². The SMILES string of the molecule is Cc1ccc(-n2c(C)nnc2SCC(=O)Nc2ccccc2C(=O)NCc2ccccc2)cc1. The van der Waals surface area contributed by atoms with E-state index < -0.39 is 0 Å². The number of aryl methyl sites for hydroxylation is 2. The summed E-state index contributed by atoms with van der Waals surface area (Å²) in [6.45, 7) is 4.32. The molecule has 7 nitrogen and oxygen atoms in total. The van der Waals surface area contributed by atoms with Crippen molar-refractivity contribution >= 4 is 29.3 Å². The molecule has 4 aromatic rings. The number of anilines is 1. The second-order valence-electron chi connectivity index (χ2n) is 7.75. The molecule has 0 aliphatic carbocycles. The standard InChI is InChI=1S/C26H25N5O2S/c1-18-12-14-21(15-13-18)31-19(2)29-30-26(31)34-17-24(32)28-23-11-7-6-10-22(23)25(33)27-16-20-8-4-3-5-9-20/h3-15H,16-17H2,1-2H3,(H,27,33)(H,28,32). The quantitative estimate of drug-likeness (QED) is 0.368. The van der Waals surface area contributed by atoms with E-state index in [-0.39, 0.29) is 17.6 Å². The van der Waals surface area contributed by atoms with Crippen LogP contribution in [0.3, 0.4) is 0 Å². The number of nitrogens with zero attached hydrogens (tertiary/aromatic N) is 3. The maximum atomic E-state index is 12.7. The van der Waals surface area contributed by atoms with E-state index in [1.807, 2.05) is 73.0 Å². The normalized spacial score (nSPS) is 10.6. The van der Waals surface area contributed by atoms with Crippen molar-refractivity contribution in [2.45, 2.75) is 25.5 Å². The van der Waals surface area contributed by atoms with Gasteiger partial charge in [0.25, 0.3) is 5.91 Å². The number of aromatic nitrogens is 3. The number of amides is 2. The first kappa shape index (κ1) is 23.3. The van der Waals surface area contributed by atoms with Gasteiger partial charge >= 0.3 is 0 Å². The number of carbonyl (C=O) groups excluding carboxylic acids is 2. The highest BCUT2D eigenvalue weighted by atomic mass is 32.2. The van der Waals surface area contributed by atoms with Crippen LogP contribution >= 0.6 is 11.8 Å². The monoisotopic (exact) mass is 471 g/mol. The van der Waals surface area contributed by atoms with Gasteiger partial charge in [-0.2, -0.15) is 0 Å². The Morgan fingerprint density at radius 3 is 2.35 bits per heavy atom. The fourth-order valence-electron chi connectivity index (χ4n) is 3.41. The van der Waals surface area contributed by atoms with Gasteiger partial charge in [0.05, 0.1) is 17.0 Å². The van der Waals surface area contributed by atoms with Crippen molar-refractivity contribution in [1.82, 2.24) is 20.1 Å². The van der Waals surface area contributed by atoms with Crippen LogP contribution in [-0.4, -0.2) is 32.3 Å². The van der Waals surface area contributed by atoms with E-state index in [4.69, 9.17) is 0 Å². The summed E-state index contributed by atoms with van der Waals surface area (Å²) in [6, 6.07) is 24.7. The molecule has 4 rings (SSSR count). The first-order valence-electron chi connectivity index (χ1n) is 10.8. The predicted octanol–water partition coefficient (Wildman–Crippen LogP) is 4.54. The Morgan fingerprint density at radius 1 is 0.882 bits per heavy atom. The summed E-state index contributed by atoms with van der Waals surface area (Å²) in [5, 5.41) is 14.8. The molecule has 8 heteroatoms. The highest BCUT2D eigenvalue weighted by Gasteiger charge is 2.16. The molecule has 0 aliphatic heterocycles. The third-order valence-corrected chi connectivity index (χ3v) is 6.09. The number of hydrogen-bond donors (Lipinski definition) is 2. The number of benzene rings is 3. The van der Waals surface area contributed by atoms with Crippen molar-refractivity contribution in [2.75, 3.05) is 11.1 Å². The van der Waals surface area contributed by atoms with Crippen molar-refractivity contribution in [2.24, 2.45) is 0 Å². The molecule has 0 radical (unpaired) electrons. The topological polar surface area (TPSA) is 88.9 Å². The Labute approximate surface area is 202 Å². The molecule has 1 heterocycles. The predicted molar refractivity (Wildman–Crippen MR) is 134 cm³/mol. The smallest absolute Gasteiger partial charge is 0.253 e. The summed E-state index contributed by atoms with van der Waals surface area (Å²) in [7, 11) is 0. The minimum atomic E-state index is -0.248. The van der Waals surface area contributed by atoms with Crippen molar-refractivity contribution < 1.29 is 9.59 Å². The zero-order chi connectivity index (χ0) is 23.9. The number of para-hydroxylation sites is 1. The van der Waals surface area contributed by atoms with Gasteiger partial charge in [-0.1, -0.05) is 71.9 Å². The van der Waals surface area contributed by atoms with Gasteiger partial charge in [-0.05, 0) is 43.7 Å². The van der Waals surface area contributed by atoms with Crippen LogP contribution in [0.5, 0.6) is 0 Å². The minimum absolute atomic E-state index is 0.129. The molecule has 172 valence electrons. The van der Waals surface area contributed by atoms with Gasteiger partial charge in [-0.25, -0.2) is 0 Å². The van der Waals surface area contributed by atoms with Crippen molar-refractivity contribution in [3.8, 4) is 5.69 Å². The summed E-state index contributed by atoms with van der Waals surface area (Å²) in [5.41, 5.74) is 3.98. The number of rotatable bonds is 8. The van der Waals surface area contributed by atoms with Gasteiger partial charge in [0.2, 0.25) is 5.91 Å².